The monoisotopic (exact) mass is 294 g/mol. The molecule has 2 rings (SSSR count). The van der Waals surface area contributed by atoms with Crippen molar-refractivity contribution in [1.82, 2.24) is 10.0 Å². The predicted molar refractivity (Wildman–Crippen MR) is 76.7 cm³/mol. The van der Waals surface area contributed by atoms with Crippen molar-refractivity contribution in [2.24, 2.45) is 0 Å². The second kappa shape index (κ2) is 6.21. The number of nitrogens with one attached hydrogen (secondary N) is 2. The first-order valence-electron chi connectivity index (χ1n) is 6.32. The number of benzene rings is 1. The highest BCUT2D eigenvalue weighted by Crippen LogP contribution is 2.17. The van der Waals surface area contributed by atoms with Crippen LogP contribution < -0.4 is 10.0 Å². The zero-order valence-corrected chi connectivity index (χ0v) is 12.3. The maximum Gasteiger partial charge on any atom is 0.240 e. The highest BCUT2D eigenvalue weighted by Gasteiger charge is 2.15. The van der Waals surface area contributed by atoms with Gasteiger partial charge in [0, 0.05) is 6.04 Å². The van der Waals surface area contributed by atoms with Gasteiger partial charge in [0.1, 0.15) is 5.76 Å². The lowest BCUT2D eigenvalue weighted by Crippen LogP contribution is -2.23. The van der Waals surface area contributed by atoms with Gasteiger partial charge in [-0.25, -0.2) is 13.1 Å². The molecule has 1 aromatic carbocycles. The first kappa shape index (κ1) is 14.8. The van der Waals surface area contributed by atoms with E-state index in [1.807, 2.05) is 20.0 Å². The molecule has 0 aliphatic heterocycles. The number of furan rings is 1. The molecule has 2 aromatic rings. The van der Waals surface area contributed by atoms with Crippen LogP contribution in [0.1, 0.15) is 24.3 Å². The highest BCUT2D eigenvalue weighted by atomic mass is 32.2. The molecule has 1 aromatic heterocycles. The van der Waals surface area contributed by atoms with E-state index in [4.69, 9.17) is 4.42 Å². The van der Waals surface area contributed by atoms with Crippen molar-refractivity contribution in [2.45, 2.75) is 24.4 Å². The van der Waals surface area contributed by atoms with Crippen LogP contribution in [0.4, 0.5) is 0 Å². The molecule has 108 valence electrons. The summed E-state index contributed by atoms with van der Waals surface area (Å²) in [6.45, 7) is 2.11. The summed E-state index contributed by atoms with van der Waals surface area (Å²) in [7, 11) is -1.70. The average Bonchev–Trinajstić information content (AvgIpc) is 2.98. The smallest absolute Gasteiger partial charge is 0.240 e. The second-order valence-electron chi connectivity index (χ2n) is 4.49. The van der Waals surface area contributed by atoms with E-state index in [2.05, 4.69) is 10.0 Å². The molecule has 0 amide bonds. The van der Waals surface area contributed by atoms with Crippen LogP contribution >= 0.6 is 0 Å². The fraction of sp³-hybridized carbons (Fsp3) is 0.286. The van der Waals surface area contributed by atoms with Gasteiger partial charge in [0.05, 0.1) is 17.7 Å². The quantitative estimate of drug-likeness (QED) is 0.855. The molecule has 0 saturated heterocycles. The van der Waals surface area contributed by atoms with Crippen molar-refractivity contribution < 1.29 is 12.8 Å². The molecule has 1 heterocycles. The minimum Gasteiger partial charge on any atom is -0.468 e. The van der Waals surface area contributed by atoms with E-state index in [1.54, 1.807) is 30.3 Å². The molecule has 1 atom stereocenters. The van der Waals surface area contributed by atoms with E-state index in [0.29, 0.717) is 5.76 Å². The van der Waals surface area contributed by atoms with E-state index >= 15 is 0 Å². The Morgan fingerprint density at radius 1 is 1.25 bits per heavy atom. The number of sulfonamides is 1. The SMILES string of the molecule is CNC(C)c1cccc(S(=O)(=O)NCc2ccco2)c1. The lowest BCUT2D eigenvalue weighted by molar-refractivity contribution is 0.498. The van der Waals surface area contributed by atoms with E-state index in [-0.39, 0.29) is 17.5 Å². The average molecular weight is 294 g/mol. The lowest BCUT2D eigenvalue weighted by atomic mass is 10.1. The van der Waals surface area contributed by atoms with Gasteiger partial charge in [-0.15, -0.1) is 0 Å². The molecule has 0 radical (unpaired) electrons. The topological polar surface area (TPSA) is 71.3 Å². The highest BCUT2D eigenvalue weighted by molar-refractivity contribution is 7.89. The summed E-state index contributed by atoms with van der Waals surface area (Å²) in [5.74, 6) is 0.577. The molecule has 0 aliphatic carbocycles. The maximum atomic E-state index is 12.2. The maximum absolute atomic E-state index is 12.2. The molecule has 0 bridgehead atoms. The van der Waals surface area contributed by atoms with Crippen LogP contribution in [0.25, 0.3) is 0 Å². The third kappa shape index (κ3) is 3.47. The Kier molecular flexibility index (Phi) is 4.59. The number of rotatable bonds is 6. The van der Waals surface area contributed by atoms with Crippen molar-refractivity contribution in [3.8, 4) is 0 Å². The fourth-order valence-corrected chi connectivity index (χ4v) is 2.83. The Morgan fingerprint density at radius 3 is 2.70 bits per heavy atom. The largest absolute Gasteiger partial charge is 0.468 e. The molecular formula is C14H18N2O3S. The van der Waals surface area contributed by atoms with Gasteiger partial charge in [-0.05, 0) is 43.8 Å². The third-order valence-electron chi connectivity index (χ3n) is 3.12. The molecule has 0 fully saturated rings. The van der Waals surface area contributed by atoms with Crippen molar-refractivity contribution in [3.05, 3.63) is 54.0 Å². The Bertz CT molecular complexity index is 651. The molecule has 0 saturated carbocycles. The van der Waals surface area contributed by atoms with Crippen molar-refractivity contribution >= 4 is 10.0 Å². The minimum absolute atomic E-state index is 0.0928. The first-order valence-corrected chi connectivity index (χ1v) is 7.80. The Balaban J connectivity index is 2.16. The molecular weight excluding hydrogens is 276 g/mol. The fourth-order valence-electron chi connectivity index (χ4n) is 1.78. The normalized spacial score (nSPS) is 13.3. The van der Waals surface area contributed by atoms with Crippen molar-refractivity contribution in [3.63, 3.8) is 0 Å². The third-order valence-corrected chi connectivity index (χ3v) is 4.52. The summed E-state index contributed by atoms with van der Waals surface area (Å²) in [5.41, 5.74) is 0.924. The summed E-state index contributed by atoms with van der Waals surface area (Å²) >= 11 is 0. The number of hydrogen-bond acceptors (Lipinski definition) is 4. The molecule has 2 N–H and O–H groups in total. The Hall–Kier alpha value is -1.63. The molecule has 0 aliphatic rings. The minimum atomic E-state index is -3.54. The number of hydrogen-bond donors (Lipinski definition) is 2. The van der Waals surface area contributed by atoms with Crippen LogP contribution in [0.5, 0.6) is 0 Å². The van der Waals surface area contributed by atoms with Gasteiger partial charge >= 0.3 is 0 Å². The second-order valence-corrected chi connectivity index (χ2v) is 6.25. The van der Waals surface area contributed by atoms with Crippen LogP contribution in [0, 0.1) is 0 Å². The predicted octanol–water partition coefficient (Wildman–Crippen LogP) is 2.04. The lowest BCUT2D eigenvalue weighted by Gasteiger charge is -2.12. The van der Waals surface area contributed by atoms with Crippen LogP contribution in [0.15, 0.2) is 52.0 Å². The van der Waals surface area contributed by atoms with Gasteiger partial charge in [-0.2, -0.15) is 0 Å². The van der Waals surface area contributed by atoms with Crippen LogP contribution in [-0.2, 0) is 16.6 Å². The van der Waals surface area contributed by atoms with E-state index in [9.17, 15) is 8.42 Å². The summed E-state index contributed by atoms with van der Waals surface area (Å²) in [4.78, 5) is 0.253. The summed E-state index contributed by atoms with van der Waals surface area (Å²) in [6.07, 6.45) is 1.51. The zero-order valence-electron chi connectivity index (χ0n) is 11.5. The summed E-state index contributed by atoms with van der Waals surface area (Å²) < 4.78 is 32.1. The van der Waals surface area contributed by atoms with Crippen LogP contribution in [0.2, 0.25) is 0 Å². The molecule has 1 unspecified atom stereocenters. The molecule has 6 heteroatoms. The Labute approximate surface area is 119 Å². The van der Waals surface area contributed by atoms with Gasteiger partial charge in [-0.3, -0.25) is 0 Å². The van der Waals surface area contributed by atoms with Gasteiger partial charge in [-0.1, -0.05) is 12.1 Å². The molecule has 5 nitrogen and oxygen atoms in total. The van der Waals surface area contributed by atoms with Gasteiger partial charge < -0.3 is 9.73 Å². The molecule has 20 heavy (non-hydrogen) atoms. The van der Waals surface area contributed by atoms with Crippen LogP contribution in [0.3, 0.4) is 0 Å². The Morgan fingerprint density at radius 2 is 2.05 bits per heavy atom. The first-order chi connectivity index (χ1) is 9.53. The van der Waals surface area contributed by atoms with Gasteiger partial charge in [0.2, 0.25) is 10.0 Å². The van der Waals surface area contributed by atoms with Gasteiger partial charge in [0.15, 0.2) is 0 Å². The van der Waals surface area contributed by atoms with E-state index < -0.39 is 10.0 Å². The summed E-state index contributed by atoms with van der Waals surface area (Å²) in [5, 5.41) is 3.08. The van der Waals surface area contributed by atoms with Gasteiger partial charge in [0.25, 0.3) is 0 Å². The zero-order chi connectivity index (χ0) is 14.6. The van der Waals surface area contributed by atoms with E-state index in [0.717, 1.165) is 5.56 Å². The van der Waals surface area contributed by atoms with Crippen LogP contribution in [-0.4, -0.2) is 15.5 Å². The standard InChI is InChI=1S/C14H18N2O3S/c1-11(15-2)12-5-3-7-14(9-12)20(17,18)16-10-13-6-4-8-19-13/h3-9,11,15-16H,10H2,1-2H3. The molecule has 0 spiro atoms. The summed E-state index contributed by atoms with van der Waals surface area (Å²) in [6, 6.07) is 10.4. The van der Waals surface area contributed by atoms with Crippen molar-refractivity contribution in [2.75, 3.05) is 7.05 Å². The van der Waals surface area contributed by atoms with E-state index in [1.165, 1.54) is 6.26 Å². The van der Waals surface area contributed by atoms with Crippen molar-refractivity contribution in [1.29, 1.82) is 0 Å².